The van der Waals surface area contributed by atoms with Gasteiger partial charge in [-0.1, -0.05) is 12.1 Å². The molecule has 0 saturated carbocycles. The maximum absolute atomic E-state index is 14.7. The molecule has 1 atom stereocenters. The minimum absolute atomic E-state index is 0.108. The lowest BCUT2D eigenvalue weighted by Crippen LogP contribution is -2.52. The summed E-state index contributed by atoms with van der Waals surface area (Å²) in [5.41, 5.74) is 1.11. The minimum Gasteiger partial charge on any atom is -0.491 e. The van der Waals surface area contributed by atoms with Crippen LogP contribution in [0, 0.1) is 0 Å². The number of halogens is 2. The molecule has 2 aromatic carbocycles. The molecule has 8 nitrogen and oxygen atoms in total. The minimum atomic E-state index is -3.74. The molecule has 2 aliphatic rings. The molecule has 1 saturated heterocycles. The van der Waals surface area contributed by atoms with Crippen LogP contribution >= 0.6 is 0 Å². The highest BCUT2D eigenvalue weighted by Crippen LogP contribution is 2.31. The number of carbonyl (C=O) groups is 4. The first-order valence-electron chi connectivity index (χ1n) is 11.3. The van der Waals surface area contributed by atoms with Crippen molar-refractivity contribution in [3.05, 3.63) is 64.7 Å². The molecule has 0 bridgehead atoms. The predicted octanol–water partition coefficient (Wildman–Crippen LogP) is 2.64. The maximum Gasteiger partial charge on any atom is 0.349 e. The Hall–Kier alpha value is -3.82. The highest BCUT2D eigenvalue weighted by molar-refractivity contribution is 6.05. The second-order valence-electron chi connectivity index (χ2n) is 8.84. The molecule has 2 heterocycles. The van der Waals surface area contributed by atoms with Crippen molar-refractivity contribution < 1.29 is 32.7 Å². The number of ether oxygens (including phenoxy) is 1. The third-order valence-corrected chi connectivity index (χ3v) is 5.91. The number of fused-ring (bicyclic) bond motifs is 1. The van der Waals surface area contributed by atoms with Crippen LogP contribution in [0.25, 0.3) is 0 Å². The summed E-state index contributed by atoms with van der Waals surface area (Å²) in [4.78, 5) is 50.0. The average Bonchev–Trinajstić information content (AvgIpc) is 3.13. The second kappa shape index (κ2) is 9.44. The first-order valence-corrected chi connectivity index (χ1v) is 11.3. The molecule has 0 aromatic heterocycles. The van der Waals surface area contributed by atoms with Gasteiger partial charge < -0.3 is 15.0 Å². The van der Waals surface area contributed by atoms with E-state index < -0.39 is 29.3 Å². The number of rotatable bonds is 7. The van der Waals surface area contributed by atoms with Crippen LogP contribution in [0.15, 0.2) is 42.5 Å². The maximum atomic E-state index is 14.7. The van der Waals surface area contributed by atoms with Gasteiger partial charge in [0, 0.05) is 30.6 Å². The van der Waals surface area contributed by atoms with Crippen molar-refractivity contribution in [2.45, 2.75) is 57.8 Å². The highest BCUT2D eigenvalue weighted by atomic mass is 19.3. The van der Waals surface area contributed by atoms with Crippen molar-refractivity contribution in [2.24, 2.45) is 0 Å². The van der Waals surface area contributed by atoms with E-state index in [-0.39, 0.29) is 43.8 Å². The first kappa shape index (κ1) is 24.3. The van der Waals surface area contributed by atoms with Crippen LogP contribution in [-0.2, 0) is 33.4 Å². The van der Waals surface area contributed by atoms with Crippen LogP contribution in [0.2, 0.25) is 0 Å². The number of imide groups is 1. The lowest BCUT2D eigenvalue weighted by Gasteiger charge is -2.29. The number of piperidine rings is 1. The Bertz CT molecular complexity index is 1180. The fraction of sp³-hybridized carbons (Fsp3) is 0.360. The van der Waals surface area contributed by atoms with Gasteiger partial charge in [-0.15, -0.1) is 0 Å². The summed E-state index contributed by atoms with van der Waals surface area (Å²) in [6.45, 7) is 3.63. The molecule has 35 heavy (non-hydrogen) atoms. The van der Waals surface area contributed by atoms with Gasteiger partial charge in [-0.25, -0.2) is 0 Å². The van der Waals surface area contributed by atoms with Gasteiger partial charge in [-0.05, 0) is 61.7 Å². The molecule has 184 valence electrons. The summed E-state index contributed by atoms with van der Waals surface area (Å²) in [5, 5.41) is 4.49. The number of nitrogens with one attached hydrogen (secondary N) is 2. The molecular formula is C25H25F2N3O5. The van der Waals surface area contributed by atoms with E-state index in [0.29, 0.717) is 22.4 Å². The van der Waals surface area contributed by atoms with Crippen molar-refractivity contribution in [2.75, 3.05) is 0 Å². The van der Waals surface area contributed by atoms with Gasteiger partial charge in [-0.3, -0.25) is 24.5 Å². The molecule has 4 rings (SSSR count). The molecule has 0 spiro atoms. The summed E-state index contributed by atoms with van der Waals surface area (Å²) >= 11 is 0. The summed E-state index contributed by atoms with van der Waals surface area (Å²) < 4.78 is 34.8. The summed E-state index contributed by atoms with van der Waals surface area (Å²) in [6, 6.07) is 9.12. The molecule has 4 amide bonds. The second-order valence-corrected chi connectivity index (χ2v) is 8.84. The van der Waals surface area contributed by atoms with E-state index in [0.717, 1.165) is 12.1 Å². The van der Waals surface area contributed by atoms with Crippen molar-refractivity contribution in [1.82, 2.24) is 15.5 Å². The summed E-state index contributed by atoms with van der Waals surface area (Å²) in [5.74, 6) is -5.98. The van der Waals surface area contributed by atoms with Gasteiger partial charge >= 0.3 is 5.92 Å². The van der Waals surface area contributed by atoms with Gasteiger partial charge in [0.15, 0.2) is 0 Å². The van der Waals surface area contributed by atoms with E-state index in [9.17, 15) is 28.0 Å². The smallest absolute Gasteiger partial charge is 0.349 e. The van der Waals surface area contributed by atoms with Crippen molar-refractivity contribution in [3.8, 4) is 5.75 Å². The highest BCUT2D eigenvalue weighted by Gasteiger charge is 2.41. The summed E-state index contributed by atoms with van der Waals surface area (Å²) in [6.07, 6.45) is 0.283. The van der Waals surface area contributed by atoms with Crippen molar-refractivity contribution >= 4 is 23.6 Å². The number of hydrogen-bond acceptors (Lipinski definition) is 5. The van der Waals surface area contributed by atoms with Gasteiger partial charge in [0.25, 0.3) is 11.8 Å². The average molecular weight is 485 g/mol. The Morgan fingerprint density at radius 1 is 1.17 bits per heavy atom. The Morgan fingerprint density at radius 3 is 2.54 bits per heavy atom. The topological polar surface area (TPSA) is 105 Å². The SMILES string of the molecule is CC(C)Oc1ccc(C(F)(F)C(=O)NCc2ccc3c(c2)CN(C2CCC(=O)NC2=O)C3=O)cc1. The molecule has 10 heteroatoms. The molecular weight excluding hydrogens is 460 g/mol. The Morgan fingerprint density at radius 2 is 1.89 bits per heavy atom. The van der Waals surface area contributed by atoms with Crippen LogP contribution in [-0.4, -0.2) is 40.7 Å². The van der Waals surface area contributed by atoms with E-state index in [2.05, 4.69) is 10.6 Å². The lowest BCUT2D eigenvalue weighted by molar-refractivity contribution is -0.147. The van der Waals surface area contributed by atoms with E-state index in [4.69, 9.17) is 4.74 Å². The molecule has 2 aromatic rings. The molecule has 2 N–H and O–H groups in total. The standard InChI is InChI=1S/C25H25F2N3O5/c1-14(2)35-18-6-4-17(5-7-18)25(26,27)24(34)28-12-15-3-8-19-16(11-15)13-30(23(19)33)20-9-10-21(31)29-22(20)32/h3-8,11,14,20H,9-10,12-13H2,1-2H3,(H,28,34)(H,29,31,32). The number of amides is 4. The number of hydrogen-bond donors (Lipinski definition) is 2. The fourth-order valence-electron chi connectivity index (χ4n) is 4.18. The zero-order valence-electron chi connectivity index (χ0n) is 19.3. The van der Waals surface area contributed by atoms with E-state index in [1.807, 2.05) is 13.8 Å². The zero-order valence-corrected chi connectivity index (χ0v) is 19.3. The third kappa shape index (κ3) is 5.01. The monoisotopic (exact) mass is 485 g/mol. The van der Waals surface area contributed by atoms with Gasteiger partial charge in [0.05, 0.1) is 6.10 Å². The Labute approximate surface area is 200 Å². The number of carbonyl (C=O) groups excluding carboxylic acids is 4. The normalized spacial score (nSPS) is 17.9. The van der Waals surface area contributed by atoms with Crippen LogP contribution in [0.5, 0.6) is 5.75 Å². The zero-order chi connectivity index (χ0) is 25.3. The van der Waals surface area contributed by atoms with E-state index >= 15 is 0 Å². The Kier molecular flexibility index (Phi) is 6.56. The Balaban J connectivity index is 1.40. The third-order valence-electron chi connectivity index (χ3n) is 5.91. The molecule has 1 unspecified atom stereocenters. The number of benzene rings is 2. The van der Waals surface area contributed by atoms with Gasteiger partial charge in [0.1, 0.15) is 11.8 Å². The van der Waals surface area contributed by atoms with E-state index in [1.54, 1.807) is 18.2 Å². The van der Waals surface area contributed by atoms with Crippen molar-refractivity contribution in [3.63, 3.8) is 0 Å². The lowest BCUT2D eigenvalue weighted by atomic mass is 10.0. The van der Waals surface area contributed by atoms with Gasteiger partial charge in [0.2, 0.25) is 11.8 Å². The number of alkyl halides is 2. The number of nitrogens with zero attached hydrogens (tertiary/aromatic N) is 1. The van der Waals surface area contributed by atoms with Crippen LogP contribution < -0.4 is 15.4 Å². The van der Waals surface area contributed by atoms with Crippen LogP contribution in [0.1, 0.15) is 53.7 Å². The van der Waals surface area contributed by atoms with Crippen molar-refractivity contribution in [1.29, 1.82) is 0 Å². The molecule has 2 aliphatic heterocycles. The van der Waals surface area contributed by atoms with Gasteiger partial charge in [-0.2, -0.15) is 8.78 Å². The van der Waals surface area contributed by atoms with Crippen LogP contribution in [0.3, 0.4) is 0 Å². The first-order chi connectivity index (χ1) is 16.6. The van der Waals surface area contributed by atoms with E-state index in [1.165, 1.54) is 17.0 Å². The predicted molar refractivity (Wildman–Crippen MR) is 120 cm³/mol. The largest absolute Gasteiger partial charge is 0.491 e. The molecule has 0 aliphatic carbocycles. The summed E-state index contributed by atoms with van der Waals surface area (Å²) in [7, 11) is 0. The molecule has 1 fully saturated rings. The quantitative estimate of drug-likeness (QED) is 0.587. The fourth-order valence-corrected chi connectivity index (χ4v) is 4.18. The molecule has 0 radical (unpaired) electrons. The van der Waals surface area contributed by atoms with Crippen LogP contribution in [0.4, 0.5) is 8.78 Å².